The van der Waals surface area contributed by atoms with E-state index in [0.717, 1.165) is 17.9 Å². The zero-order valence-corrected chi connectivity index (χ0v) is 9.58. The second-order valence-electron chi connectivity index (χ2n) is 3.78. The first-order chi connectivity index (χ1) is 7.09. The largest absolute Gasteiger partial charge is 0.397 e. The first kappa shape index (κ1) is 11.8. The molecule has 15 heavy (non-hydrogen) atoms. The van der Waals surface area contributed by atoms with Crippen molar-refractivity contribution in [2.75, 3.05) is 24.2 Å². The highest BCUT2D eigenvalue weighted by molar-refractivity contribution is 5.50. The Morgan fingerprint density at radius 3 is 2.87 bits per heavy atom. The molecule has 0 aromatic carbocycles. The average molecular weight is 209 g/mol. The second-order valence-corrected chi connectivity index (χ2v) is 3.78. The summed E-state index contributed by atoms with van der Waals surface area (Å²) in [6, 6.07) is 1.90. The normalized spacial score (nSPS) is 10.7. The standard InChI is InChI=1S/C11H19N3O/c1-8(2)15-5-4-13-11-9(3)6-10(12)7-14-11/h6-8H,4-5,12H2,1-3H3,(H,13,14). The van der Waals surface area contributed by atoms with Gasteiger partial charge in [0.25, 0.3) is 0 Å². The van der Waals surface area contributed by atoms with Gasteiger partial charge >= 0.3 is 0 Å². The van der Waals surface area contributed by atoms with Crippen molar-refractivity contribution in [1.29, 1.82) is 0 Å². The van der Waals surface area contributed by atoms with Crippen LogP contribution in [0.5, 0.6) is 0 Å². The number of pyridine rings is 1. The lowest BCUT2D eigenvalue weighted by molar-refractivity contribution is 0.0870. The van der Waals surface area contributed by atoms with Crippen molar-refractivity contribution in [3.63, 3.8) is 0 Å². The van der Waals surface area contributed by atoms with E-state index in [1.807, 2.05) is 26.8 Å². The highest BCUT2D eigenvalue weighted by atomic mass is 16.5. The van der Waals surface area contributed by atoms with Gasteiger partial charge in [0.05, 0.1) is 24.6 Å². The molecule has 4 heteroatoms. The van der Waals surface area contributed by atoms with Gasteiger partial charge in [0.15, 0.2) is 0 Å². The topological polar surface area (TPSA) is 60.2 Å². The van der Waals surface area contributed by atoms with E-state index in [-0.39, 0.29) is 6.10 Å². The Morgan fingerprint density at radius 2 is 2.27 bits per heavy atom. The van der Waals surface area contributed by atoms with E-state index >= 15 is 0 Å². The molecule has 0 saturated heterocycles. The van der Waals surface area contributed by atoms with Crippen LogP contribution in [0.4, 0.5) is 11.5 Å². The molecule has 1 aromatic rings. The van der Waals surface area contributed by atoms with Crippen molar-refractivity contribution in [3.05, 3.63) is 17.8 Å². The van der Waals surface area contributed by atoms with E-state index in [1.165, 1.54) is 0 Å². The van der Waals surface area contributed by atoms with Gasteiger partial charge in [-0.15, -0.1) is 0 Å². The van der Waals surface area contributed by atoms with Gasteiger partial charge in [-0.3, -0.25) is 0 Å². The van der Waals surface area contributed by atoms with Crippen molar-refractivity contribution in [3.8, 4) is 0 Å². The number of aromatic nitrogens is 1. The fourth-order valence-corrected chi connectivity index (χ4v) is 1.25. The summed E-state index contributed by atoms with van der Waals surface area (Å²) in [4.78, 5) is 4.20. The van der Waals surface area contributed by atoms with E-state index in [4.69, 9.17) is 10.5 Å². The lowest BCUT2D eigenvalue weighted by atomic mass is 10.2. The average Bonchev–Trinajstić information content (AvgIpc) is 2.14. The van der Waals surface area contributed by atoms with Crippen molar-refractivity contribution in [2.45, 2.75) is 26.9 Å². The minimum atomic E-state index is 0.271. The summed E-state index contributed by atoms with van der Waals surface area (Å²) in [7, 11) is 0. The Morgan fingerprint density at radius 1 is 1.53 bits per heavy atom. The number of nitrogen functional groups attached to an aromatic ring is 1. The molecule has 0 bridgehead atoms. The van der Waals surface area contributed by atoms with Crippen LogP contribution in [0.3, 0.4) is 0 Å². The molecule has 0 amide bonds. The molecule has 0 radical (unpaired) electrons. The van der Waals surface area contributed by atoms with Gasteiger partial charge in [-0.25, -0.2) is 4.98 Å². The van der Waals surface area contributed by atoms with Crippen molar-refractivity contribution < 1.29 is 4.74 Å². The Hall–Kier alpha value is -1.29. The van der Waals surface area contributed by atoms with Crippen molar-refractivity contribution >= 4 is 11.5 Å². The van der Waals surface area contributed by atoms with Gasteiger partial charge in [-0.05, 0) is 32.4 Å². The van der Waals surface area contributed by atoms with Gasteiger partial charge in [-0.2, -0.15) is 0 Å². The van der Waals surface area contributed by atoms with Crippen LogP contribution in [0.2, 0.25) is 0 Å². The summed E-state index contributed by atoms with van der Waals surface area (Å²) in [6.45, 7) is 7.47. The van der Waals surface area contributed by atoms with E-state index in [1.54, 1.807) is 6.20 Å². The van der Waals surface area contributed by atoms with Crippen molar-refractivity contribution in [1.82, 2.24) is 4.98 Å². The van der Waals surface area contributed by atoms with Crippen LogP contribution >= 0.6 is 0 Å². The van der Waals surface area contributed by atoms with Gasteiger partial charge in [-0.1, -0.05) is 0 Å². The zero-order valence-electron chi connectivity index (χ0n) is 9.58. The monoisotopic (exact) mass is 209 g/mol. The van der Waals surface area contributed by atoms with E-state index in [2.05, 4.69) is 10.3 Å². The molecule has 0 saturated carbocycles. The van der Waals surface area contributed by atoms with Crippen molar-refractivity contribution in [2.24, 2.45) is 0 Å². The van der Waals surface area contributed by atoms with Crippen LogP contribution in [0.25, 0.3) is 0 Å². The van der Waals surface area contributed by atoms with Crippen LogP contribution in [-0.2, 0) is 4.74 Å². The SMILES string of the molecule is Cc1cc(N)cnc1NCCOC(C)C. The molecule has 0 aliphatic rings. The molecule has 1 heterocycles. The summed E-state index contributed by atoms with van der Waals surface area (Å²) in [6.07, 6.45) is 1.92. The highest BCUT2D eigenvalue weighted by Gasteiger charge is 1.99. The molecule has 4 nitrogen and oxygen atoms in total. The number of nitrogens with one attached hydrogen (secondary N) is 1. The minimum Gasteiger partial charge on any atom is -0.397 e. The quantitative estimate of drug-likeness (QED) is 0.726. The molecule has 0 spiro atoms. The Labute approximate surface area is 90.8 Å². The first-order valence-corrected chi connectivity index (χ1v) is 5.17. The predicted octanol–water partition coefficient (Wildman–Crippen LogP) is 1.81. The number of hydrogen-bond donors (Lipinski definition) is 2. The number of aryl methyl sites for hydroxylation is 1. The summed E-state index contributed by atoms with van der Waals surface area (Å²) in [5, 5.41) is 3.20. The highest BCUT2D eigenvalue weighted by Crippen LogP contribution is 2.13. The van der Waals surface area contributed by atoms with E-state index in [9.17, 15) is 0 Å². The molecule has 1 rings (SSSR count). The molecule has 3 N–H and O–H groups in total. The minimum absolute atomic E-state index is 0.271. The Kier molecular flexibility index (Phi) is 4.37. The van der Waals surface area contributed by atoms with E-state index in [0.29, 0.717) is 12.3 Å². The van der Waals surface area contributed by atoms with Crippen LogP contribution in [0.15, 0.2) is 12.3 Å². The third-order valence-corrected chi connectivity index (χ3v) is 1.95. The summed E-state index contributed by atoms with van der Waals surface area (Å²) in [5.41, 5.74) is 7.35. The molecule has 0 atom stereocenters. The van der Waals surface area contributed by atoms with Crippen LogP contribution in [0.1, 0.15) is 19.4 Å². The number of hydrogen-bond acceptors (Lipinski definition) is 4. The number of anilines is 2. The maximum Gasteiger partial charge on any atom is 0.129 e. The van der Waals surface area contributed by atoms with Crippen LogP contribution in [0, 0.1) is 6.92 Å². The van der Waals surface area contributed by atoms with Crippen LogP contribution < -0.4 is 11.1 Å². The molecule has 0 aliphatic carbocycles. The van der Waals surface area contributed by atoms with Gasteiger partial charge in [0.1, 0.15) is 5.82 Å². The van der Waals surface area contributed by atoms with Gasteiger partial charge in [0.2, 0.25) is 0 Å². The maximum absolute atomic E-state index is 5.61. The molecule has 0 fully saturated rings. The first-order valence-electron chi connectivity index (χ1n) is 5.17. The maximum atomic E-state index is 5.61. The number of nitrogens with zero attached hydrogens (tertiary/aromatic N) is 1. The second kappa shape index (κ2) is 5.56. The Balaban J connectivity index is 2.37. The lowest BCUT2D eigenvalue weighted by Gasteiger charge is -2.10. The molecule has 1 aromatic heterocycles. The summed E-state index contributed by atoms with van der Waals surface area (Å²) >= 11 is 0. The third-order valence-electron chi connectivity index (χ3n) is 1.95. The van der Waals surface area contributed by atoms with Gasteiger partial charge < -0.3 is 15.8 Å². The molecule has 84 valence electrons. The van der Waals surface area contributed by atoms with E-state index < -0.39 is 0 Å². The molecule has 0 aliphatic heterocycles. The number of ether oxygens (including phenoxy) is 1. The molecular formula is C11H19N3O. The Bertz CT molecular complexity index is 313. The summed E-state index contributed by atoms with van der Waals surface area (Å²) in [5.74, 6) is 0.872. The summed E-state index contributed by atoms with van der Waals surface area (Å²) < 4.78 is 5.41. The fraction of sp³-hybridized carbons (Fsp3) is 0.545. The number of rotatable bonds is 5. The molecular weight excluding hydrogens is 190 g/mol. The smallest absolute Gasteiger partial charge is 0.129 e. The third kappa shape index (κ3) is 4.16. The lowest BCUT2D eigenvalue weighted by Crippen LogP contribution is -2.14. The fourth-order valence-electron chi connectivity index (χ4n) is 1.25. The van der Waals surface area contributed by atoms with Gasteiger partial charge in [0, 0.05) is 6.54 Å². The number of nitrogens with two attached hydrogens (primary N) is 1. The zero-order chi connectivity index (χ0) is 11.3. The van der Waals surface area contributed by atoms with Crippen LogP contribution in [-0.4, -0.2) is 24.2 Å². The molecule has 0 unspecified atom stereocenters. The predicted molar refractivity (Wildman–Crippen MR) is 63.0 cm³/mol.